The third kappa shape index (κ3) is 5.18. The monoisotopic (exact) mass is 494 g/mol. The summed E-state index contributed by atoms with van der Waals surface area (Å²) in [6.45, 7) is 0. The molecule has 0 aliphatic heterocycles. The molecule has 5 aromatic rings. The number of amides is 1. The van der Waals surface area contributed by atoms with Gasteiger partial charge >= 0.3 is 0 Å². The maximum atomic E-state index is 12.7. The molecule has 0 aliphatic carbocycles. The minimum absolute atomic E-state index is 0.101. The maximum Gasteiger partial charge on any atom is 0.261 e. The number of aromatic amines is 1. The first kappa shape index (κ1) is 23.1. The van der Waals surface area contributed by atoms with E-state index in [0.29, 0.717) is 22.8 Å². The van der Waals surface area contributed by atoms with E-state index in [1.165, 1.54) is 18.2 Å². The molecular formula is C28H22N4O3S. The van der Waals surface area contributed by atoms with Gasteiger partial charge in [0.05, 0.1) is 21.6 Å². The molecule has 4 aromatic carbocycles. The summed E-state index contributed by atoms with van der Waals surface area (Å²) in [6.07, 6.45) is 2.94. The van der Waals surface area contributed by atoms with Gasteiger partial charge in [0.25, 0.3) is 10.0 Å². The largest absolute Gasteiger partial charge is 0.338 e. The van der Waals surface area contributed by atoms with Crippen molar-refractivity contribution in [1.82, 2.24) is 9.97 Å². The summed E-state index contributed by atoms with van der Waals surface area (Å²) in [7, 11) is -3.77. The molecule has 0 aliphatic rings. The number of fused-ring (bicyclic) bond motifs is 1. The van der Waals surface area contributed by atoms with E-state index < -0.39 is 10.0 Å². The van der Waals surface area contributed by atoms with Crippen LogP contribution in [0.1, 0.15) is 5.56 Å². The van der Waals surface area contributed by atoms with Gasteiger partial charge in [0.1, 0.15) is 5.82 Å². The topological polar surface area (TPSA) is 104 Å². The highest BCUT2D eigenvalue weighted by Gasteiger charge is 2.14. The van der Waals surface area contributed by atoms with Gasteiger partial charge in [-0.05, 0) is 60.2 Å². The molecule has 0 atom stereocenters. The van der Waals surface area contributed by atoms with Gasteiger partial charge in [0.15, 0.2) is 0 Å². The van der Waals surface area contributed by atoms with E-state index in [0.717, 1.165) is 16.6 Å². The molecule has 7 nitrogen and oxygen atoms in total. The first-order valence-corrected chi connectivity index (χ1v) is 12.7. The van der Waals surface area contributed by atoms with Crippen molar-refractivity contribution >= 4 is 44.4 Å². The van der Waals surface area contributed by atoms with Crippen LogP contribution in [-0.4, -0.2) is 24.3 Å². The number of hydrogen-bond donors (Lipinski definition) is 3. The van der Waals surface area contributed by atoms with Crippen molar-refractivity contribution in [3.8, 4) is 11.4 Å². The second-order valence-electron chi connectivity index (χ2n) is 8.01. The van der Waals surface area contributed by atoms with Gasteiger partial charge in [-0.25, -0.2) is 13.4 Å². The molecule has 8 heteroatoms. The normalized spacial score (nSPS) is 11.6. The molecule has 0 spiro atoms. The van der Waals surface area contributed by atoms with Crippen molar-refractivity contribution < 1.29 is 13.2 Å². The fourth-order valence-corrected chi connectivity index (χ4v) is 4.84. The Morgan fingerprint density at radius 2 is 1.58 bits per heavy atom. The van der Waals surface area contributed by atoms with Gasteiger partial charge in [-0.3, -0.25) is 9.52 Å². The van der Waals surface area contributed by atoms with Gasteiger partial charge < -0.3 is 10.3 Å². The molecule has 0 saturated carbocycles. The van der Waals surface area contributed by atoms with Crippen molar-refractivity contribution in [3.63, 3.8) is 0 Å². The molecule has 5 rings (SSSR count). The number of anilines is 2. The zero-order chi connectivity index (χ0) is 25.0. The number of nitrogens with one attached hydrogen (secondary N) is 3. The molecule has 3 N–H and O–H groups in total. The van der Waals surface area contributed by atoms with Crippen LogP contribution in [0.25, 0.3) is 28.5 Å². The lowest BCUT2D eigenvalue weighted by Gasteiger charge is -2.09. The van der Waals surface area contributed by atoms with Crippen LogP contribution >= 0.6 is 0 Å². The van der Waals surface area contributed by atoms with E-state index in [4.69, 9.17) is 0 Å². The first-order valence-electron chi connectivity index (χ1n) is 11.2. The number of carbonyl (C=O) groups is 1. The number of carbonyl (C=O) groups excluding carboxylic acids is 1. The molecule has 1 aromatic heterocycles. The van der Waals surface area contributed by atoms with Crippen molar-refractivity contribution in [2.24, 2.45) is 0 Å². The Bertz CT molecular complexity index is 1640. The number of sulfonamides is 1. The van der Waals surface area contributed by atoms with Crippen LogP contribution < -0.4 is 10.0 Å². The van der Waals surface area contributed by atoms with Gasteiger partial charge in [0.2, 0.25) is 5.91 Å². The van der Waals surface area contributed by atoms with Crippen molar-refractivity contribution in [1.29, 1.82) is 0 Å². The number of para-hydroxylation sites is 4. The quantitative estimate of drug-likeness (QED) is 0.253. The highest BCUT2D eigenvalue weighted by atomic mass is 32.2. The molecule has 178 valence electrons. The Morgan fingerprint density at radius 1 is 0.833 bits per heavy atom. The van der Waals surface area contributed by atoms with Crippen LogP contribution in [0, 0.1) is 0 Å². The fraction of sp³-hybridized carbons (Fsp3) is 0. The minimum Gasteiger partial charge on any atom is -0.338 e. The third-order valence-electron chi connectivity index (χ3n) is 5.45. The van der Waals surface area contributed by atoms with Crippen LogP contribution in [0.15, 0.2) is 114 Å². The Balaban J connectivity index is 1.32. The van der Waals surface area contributed by atoms with Crippen molar-refractivity contribution in [2.45, 2.75) is 4.90 Å². The Kier molecular flexibility index (Phi) is 6.34. The summed E-state index contributed by atoms with van der Waals surface area (Å²) in [5, 5.41) is 2.88. The molecule has 0 fully saturated rings. The lowest BCUT2D eigenvalue weighted by molar-refractivity contribution is -0.111. The predicted molar refractivity (Wildman–Crippen MR) is 143 cm³/mol. The second-order valence-corrected chi connectivity index (χ2v) is 9.70. The van der Waals surface area contributed by atoms with Crippen LogP contribution in [0.2, 0.25) is 0 Å². The number of H-pyrrole nitrogens is 1. The summed E-state index contributed by atoms with van der Waals surface area (Å²) < 4.78 is 28.0. The van der Waals surface area contributed by atoms with E-state index in [-0.39, 0.29) is 10.8 Å². The Hall–Kier alpha value is -4.69. The van der Waals surface area contributed by atoms with Gasteiger partial charge in [-0.15, -0.1) is 0 Å². The van der Waals surface area contributed by atoms with Crippen molar-refractivity contribution in [3.05, 3.63) is 115 Å². The van der Waals surface area contributed by atoms with E-state index in [9.17, 15) is 13.2 Å². The van der Waals surface area contributed by atoms with E-state index in [1.807, 2.05) is 48.5 Å². The number of rotatable bonds is 7. The zero-order valence-electron chi connectivity index (χ0n) is 19.0. The zero-order valence-corrected chi connectivity index (χ0v) is 19.9. The molecule has 0 unspecified atom stereocenters. The number of aromatic nitrogens is 2. The highest BCUT2D eigenvalue weighted by molar-refractivity contribution is 7.92. The van der Waals surface area contributed by atoms with Crippen LogP contribution in [0.5, 0.6) is 0 Å². The molecule has 1 heterocycles. The number of imidazole rings is 1. The van der Waals surface area contributed by atoms with Crippen LogP contribution in [-0.2, 0) is 14.8 Å². The standard InChI is InChI=1S/C28H22N4O3S/c33-27(29-24-14-5-4-13-23(24)28-30-25-15-6-7-16-26(25)31-28)18-17-20-9-8-12-22(19-20)36(34,35)32-21-10-2-1-3-11-21/h1-19,32H,(H,29,33)(H,30,31)/b18-17+. The predicted octanol–water partition coefficient (Wildman–Crippen LogP) is 5.68. The first-order chi connectivity index (χ1) is 17.5. The van der Waals surface area contributed by atoms with Gasteiger partial charge in [-0.2, -0.15) is 0 Å². The Morgan fingerprint density at radius 3 is 2.42 bits per heavy atom. The molecule has 1 amide bonds. The molecule has 36 heavy (non-hydrogen) atoms. The number of hydrogen-bond acceptors (Lipinski definition) is 4. The van der Waals surface area contributed by atoms with Crippen molar-refractivity contribution in [2.75, 3.05) is 10.0 Å². The Labute approximate surface area is 208 Å². The van der Waals surface area contributed by atoms with Gasteiger partial charge in [-0.1, -0.05) is 54.6 Å². The smallest absolute Gasteiger partial charge is 0.261 e. The molecule has 0 saturated heterocycles. The minimum atomic E-state index is -3.77. The van der Waals surface area contributed by atoms with Crippen LogP contribution in [0.3, 0.4) is 0 Å². The van der Waals surface area contributed by atoms with Crippen LogP contribution in [0.4, 0.5) is 11.4 Å². The molecule has 0 radical (unpaired) electrons. The van der Waals surface area contributed by atoms with E-state index >= 15 is 0 Å². The SMILES string of the molecule is O=C(/C=C/c1cccc(S(=O)(=O)Nc2ccccc2)c1)Nc1ccccc1-c1nc2ccccc2[nH]1. The molecule has 0 bridgehead atoms. The number of benzene rings is 4. The maximum absolute atomic E-state index is 12.7. The average Bonchev–Trinajstić information content (AvgIpc) is 3.33. The second kappa shape index (κ2) is 9.89. The van der Waals surface area contributed by atoms with E-state index in [1.54, 1.807) is 48.5 Å². The summed E-state index contributed by atoms with van der Waals surface area (Å²) in [5.74, 6) is 0.300. The lowest BCUT2D eigenvalue weighted by Crippen LogP contribution is -2.12. The molecular weight excluding hydrogens is 472 g/mol. The van der Waals surface area contributed by atoms with E-state index in [2.05, 4.69) is 20.0 Å². The number of nitrogens with zero attached hydrogens (tertiary/aromatic N) is 1. The van der Waals surface area contributed by atoms with Gasteiger partial charge in [0, 0.05) is 17.3 Å². The summed E-state index contributed by atoms with van der Waals surface area (Å²) in [5.41, 5.74) is 4.16. The summed E-state index contributed by atoms with van der Waals surface area (Å²) in [4.78, 5) is 20.7. The lowest BCUT2D eigenvalue weighted by atomic mass is 10.1. The third-order valence-corrected chi connectivity index (χ3v) is 6.83. The average molecular weight is 495 g/mol. The summed E-state index contributed by atoms with van der Waals surface area (Å²) >= 11 is 0. The fourth-order valence-electron chi connectivity index (χ4n) is 3.73. The highest BCUT2D eigenvalue weighted by Crippen LogP contribution is 2.27. The summed E-state index contributed by atoms with van der Waals surface area (Å²) in [6, 6.07) is 30.2.